The monoisotopic (exact) mass is 457 g/mol. The average Bonchev–Trinajstić information content (AvgIpc) is 2.75. The van der Waals surface area contributed by atoms with Crippen LogP contribution in [0.2, 0.25) is 5.02 Å². The number of hydrogen-bond donors (Lipinski definition) is 3. The summed E-state index contributed by atoms with van der Waals surface area (Å²) < 4.78 is 15.4. The molecule has 3 aromatic carbocycles. The topological polar surface area (TPSA) is 53.2 Å². The molecule has 0 aliphatic rings. The molecule has 0 saturated carbocycles. The van der Waals surface area contributed by atoms with E-state index in [-0.39, 0.29) is 0 Å². The lowest BCUT2D eigenvalue weighted by Crippen LogP contribution is -2.19. The molecule has 0 radical (unpaired) electrons. The molecule has 0 aromatic heterocycles. The number of rotatable bonds is 8. The second-order valence-electron chi connectivity index (χ2n) is 6.78. The van der Waals surface area contributed by atoms with Gasteiger partial charge in [-0.3, -0.25) is 0 Å². The number of hydrogen-bond acceptors (Lipinski definition) is 2. The van der Waals surface area contributed by atoms with Gasteiger partial charge in [0.2, 0.25) is 0 Å². The van der Waals surface area contributed by atoms with Gasteiger partial charge in [0, 0.05) is 22.1 Å². The average molecular weight is 458 g/mol. The number of anilines is 3. The predicted octanol–water partition coefficient (Wildman–Crippen LogP) is 6.63. The number of nitrogens with one attached hydrogen (secondary N) is 3. The van der Waals surface area contributed by atoms with Crippen LogP contribution in [0.15, 0.2) is 77.7 Å². The first-order valence-corrected chi connectivity index (χ1v) is 11.7. The zero-order valence-electron chi connectivity index (χ0n) is 16.7. The van der Waals surface area contributed by atoms with Crippen molar-refractivity contribution >= 4 is 57.0 Å². The van der Waals surface area contributed by atoms with Crippen LogP contribution in [-0.4, -0.2) is 9.32 Å². The van der Waals surface area contributed by atoms with Gasteiger partial charge in [0.15, 0.2) is 5.11 Å². The molecule has 3 aromatic rings. The minimum absolute atomic E-state index is 0.504. The van der Waals surface area contributed by atoms with Gasteiger partial charge in [-0.2, -0.15) is 0 Å². The maximum Gasteiger partial charge on any atom is 0.175 e. The fourth-order valence-electron chi connectivity index (χ4n) is 2.77. The molecule has 7 heteroatoms. The van der Waals surface area contributed by atoms with Crippen molar-refractivity contribution in [2.75, 3.05) is 15.4 Å². The minimum Gasteiger partial charge on any atom is -0.332 e. The van der Waals surface area contributed by atoms with Gasteiger partial charge in [0.05, 0.1) is 4.90 Å². The van der Waals surface area contributed by atoms with Crippen LogP contribution in [0.4, 0.5) is 17.1 Å². The molecule has 156 valence electrons. The van der Waals surface area contributed by atoms with Crippen molar-refractivity contribution in [1.29, 1.82) is 0 Å². The third-order valence-corrected chi connectivity index (χ3v) is 5.99. The third kappa shape index (κ3) is 6.83. The predicted molar refractivity (Wildman–Crippen MR) is 133 cm³/mol. The van der Waals surface area contributed by atoms with Crippen molar-refractivity contribution < 1.29 is 4.21 Å². The van der Waals surface area contributed by atoms with Crippen LogP contribution in [0.25, 0.3) is 0 Å². The number of thiocarbonyl (C=S) groups is 1. The summed E-state index contributed by atoms with van der Waals surface area (Å²) in [5, 5.41) is 7.48. The minimum atomic E-state index is -1.37. The number of halogens is 1. The highest BCUT2D eigenvalue weighted by Gasteiger charge is 2.05. The lowest BCUT2D eigenvalue weighted by atomic mass is 10.1. The Hall–Kier alpha value is -2.41. The van der Waals surface area contributed by atoms with E-state index in [1.165, 1.54) is 18.4 Å². The van der Waals surface area contributed by atoms with E-state index in [0.717, 1.165) is 23.5 Å². The van der Waals surface area contributed by atoms with Crippen LogP contribution in [0, 0.1) is 0 Å². The third-order valence-electron chi connectivity index (χ3n) is 4.41. The second kappa shape index (κ2) is 11.1. The SMILES string of the molecule is CCCCc1ccc(NC(=S)Nc2ccc(S(=O)Nc3ccc(Cl)cc3)cc2)cc1. The first kappa shape index (κ1) is 22.3. The normalized spacial score (nSPS) is 11.5. The molecule has 0 aliphatic carbocycles. The zero-order chi connectivity index (χ0) is 21.3. The fourth-order valence-corrected chi connectivity index (χ4v) is 3.99. The number of aryl methyl sites for hydroxylation is 1. The molecule has 0 fully saturated rings. The molecule has 30 heavy (non-hydrogen) atoms. The van der Waals surface area contributed by atoms with E-state index in [4.69, 9.17) is 23.8 Å². The van der Waals surface area contributed by atoms with Crippen LogP contribution in [0.3, 0.4) is 0 Å². The Morgan fingerprint density at radius 3 is 1.97 bits per heavy atom. The Labute approximate surface area is 190 Å². The molecule has 0 amide bonds. The highest BCUT2D eigenvalue weighted by Crippen LogP contribution is 2.18. The van der Waals surface area contributed by atoms with Crippen molar-refractivity contribution in [3.63, 3.8) is 0 Å². The summed E-state index contributed by atoms with van der Waals surface area (Å²) in [6.07, 6.45) is 3.49. The van der Waals surface area contributed by atoms with E-state index in [1.807, 2.05) is 24.3 Å². The smallest absolute Gasteiger partial charge is 0.175 e. The van der Waals surface area contributed by atoms with Crippen molar-refractivity contribution in [1.82, 2.24) is 0 Å². The molecule has 0 spiro atoms. The molecule has 0 aliphatic heterocycles. The molecule has 1 unspecified atom stereocenters. The molecule has 1 atom stereocenters. The van der Waals surface area contributed by atoms with Gasteiger partial charge >= 0.3 is 0 Å². The van der Waals surface area contributed by atoms with Gasteiger partial charge < -0.3 is 15.4 Å². The maximum absolute atomic E-state index is 12.5. The lowest BCUT2D eigenvalue weighted by molar-refractivity contribution is 0.686. The fraction of sp³-hybridized carbons (Fsp3) is 0.174. The largest absolute Gasteiger partial charge is 0.332 e. The summed E-state index contributed by atoms with van der Waals surface area (Å²) in [5.74, 6) is 0. The first-order chi connectivity index (χ1) is 14.5. The molecular formula is C23H24ClN3OS2. The van der Waals surface area contributed by atoms with E-state index in [0.29, 0.717) is 15.0 Å². The van der Waals surface area contributed by atoms with E-state index in [1.54, 1.807) is 36.4 Å². The van der Waals surface area contributed by atoms with Crippen LogP contribution in [-0.2, 0) is 17.4 Å². The van der Waals surface area contributed by atoms with Gasteiger partial charge in [-0.1, -0.05) is 37.1 Å². The summed E-state index contributed by atoms with van der Waals surface area (Å²) in [4.78, 5) is 0.664. The van der Waals surface area contributed by atoms with Crippen molar-refractivity contribution in [3.05, 3.63) is 83.4 Å². The Balaban J connectivity index is 1.52. The molecule has 0 saturated heterocycles. The Bertz CT molecular complexity index is 990. The zero-order valence-corrected chi connectivity index (χ0v) is 19.0. The summed E-state index contributed by atoms with van der Waals surface area (Å²) >= 11 is 11.3. The molecule has 4 nitrogen and oxygen atoms in total. The molecule has 3 rings (SSSR count). The van der Waals surface area contributed by atoms with Crippen LogP contribution < -0.4 is 15.4 Å². The van der Waals surface area contributed by atoms with E-state index < -0.39 is 11.0 Å². The van der Waals surface area contributed by atoms with Gasteiger partial charge in [-0.25, -0.2) is 4.21 Å². The molecule has 3 N–H and O–H groups in total. The number of benzene rings is 3. The van der Waals surface area contributed by atoms with Gasteiger partial charge in [0.25, 0.3) is 0 Å². The Morgan fingerprint density at radius 1 is 0.867 bits per heavy atom. The highest BCUT2D eigenvalue weighted by molar-refractivity contribution is 7.86. The van der Waals surface area contributed by atoms with Gasteiger partial charge in [0.1, 0.15) is 11.0 Å². The van der Waals surface area contributed by atoms with E-state index in [9.17, 15) is 4.21 Å². The van der Waals surface area contributed by atoms with Crippen molar-refractivity contribution in [2.45, 2.75) is 31.1 Å². The first-order valence-electron chi connectivity index (χ1n) is 9.74. The molecule has 0 bridgehead atoms. The standard InChI is InChI=1S/C23H24ClN3OS2/c1-2-3-4-17-5-9-19(10-6-17)25-23(29)26-20-13-15-22(16-14-20)30(28)27-21-11-7-18(24)8-12-21/h5-16,27H,2-4H2,1H3,(H2,25,26,29). The highest BCUT2D eigenvalue weighted by atomic mass is 35.5. The van der Waals surface area contributed by atoms with Gasteiger partial charge in [-0.15, -0.1) is 0 Å². The van der Waals surface area contributed by atoms with Crippen LogP contribution in [0.1, 0.15) is 25.3 Å². The van der Waals surface area contributed by atoms with E-state index >= 15 is 0 Å². The van der Waals surface area contributed by atoms with Crippen LogP contribution >= 0.6 is 23.8 Å². The summed E-state index contributed by atoms with van der Waals surface area (Å²) in [5.41, 5.74) is 3.83. The van der Waals surface area contributed by atoms with E-state index in [2.05, 4.69) is 34.4 Å². The number of unbranched alkanes of at least 4 members (excludes halogenated alkanes) is 1. The Kier molecular flexibility index (Phi) is 8.25. The van der Waals surface area contributed by atoms with Crippen molar-refractivity contribution in [3.8, 4) is 0 Å². The summed E-state index contributed by atoms with van der Waals surface area (Å²) in [6.45, 7) is 2.19. The maximum atomic E-state index is 12.5. The summed E-state index contributed by atoms with van der Waals surface area (Å²) in [7, 11) is -1.37. The second-order valence-corrected chi connectivity index (χ2v) is 8.84. The molecular weight excluding hydrogens is 434 g/mol. The van der Waals surface area contributed by atoms with Crippen molar-refractivity contribution in [2.24, 2.45) is 0 Å². The van der Waals surface area contributed by atoms with Crippen LogP contribution in [0.5, 0.6) is 0 Å². The lowest BCUT2D eigenvalue weighted by Gasteiger charge is -2.12. The summed E-state index contributed by atoms with van der Waals surface area (Å²) in [6, 6.07) is 22.7. The molecule has 0 heterocycles. The Morgan fingerprint density at radius 2 is 1.40 bits per heavy atom. The van der Waals surface area contributed by atoms with Gasteiger partial charge in [-0.05, 0) is 91.3 Å². The quantitative estimate of drug-likeness (QED) is 0.332.